The number of halogens is 4. The lowest BCUT2D eigenvalue weighted by Gasteiger charge is -2.22. The first-order valence-electron chi connectivity index (χ1n) is 11.8. The first-order chi connectivity index (χ1) is 18.1. The zero-order chi connectivity index (χ0) is 29.0. The van der Waals surface area contributed by atoms with Crippen molar-refractivity contribution in [3.63, 3.8) is 0 Å². The number of benzene rings is 2. The standard InChI is InChI=1S/C27H28ClF3N2O5S/c1-16-11-23(38-27(29,30)31)21(28)12-22(16)32-24(34)15-33(14-19-8-5-17(2)37-19)13-18-6-9-20(10-7-18)39-26(3,4)25(35)36/h5-12H,13-15H2,1-4H3,(H,32,34)(H,35,36). The summed E-state index contributed by atoms with van der Waals surface area (Å²) in [5, 5.41) is 11.8. The zero-order valence-electron chi connectivity index (χ0n) is 21.7. The first kappa shape index (κ1) is 30.4. The van der Waals surface area contributed by atoms with Crippen LogP contribution in [0.15, 0.2) is 57.8 Å². The number of hydrogen-bond acceptors (Lipinski definition) is 6. The van der Waals surface area contributed by atoms with Crippen LogP contribution in [0.5, 0.6) is 5.75 Å². The van der Waals surface area contributed by atoms with Gasteiger partial charge in [0.1, 0.15) is 22.0 Å². The number of hydrogen-bond donors (Lipinski definition) is 2. The molecule has 0 aliphatic rings. The van der Waals surface area contributed by atoms with Crippen molar-refractivity contribution in [2.24, 2.45) is 0 Å². The summed E-state index contributed by atoms with van der Waals surface area (Å²) in [6.45, 7) is 7.25. The van der Waals surface area contributed by atoms with Crippen LogP contribution >= 0.6 is 23.4 Å². The molecule has 0 atom stereocenters. The number of alkyl halides is 3. The Morgan fingerprint density at radius 1 is 1.08 bits per heavy atom. The van der Waals surface area contributed by atoms with Crippen molar-refractivity contribution in [1.82, 2.24) is 4.90 Å². The number of nitrogens with one attached hydrogen (secondary N) is 1. The lowest BCUT2D eigenvalue weighted by molar-refractivity contribution is -0.274. The molecule has 0 aliphatic heterocycles. The fourth-order valence-electron chi connectivity index (χ4n) is 3.60. The van der Waals surface area contributed by atoms with E-state index in [2.05, 4.69) is 10.1 Å². The predicted molar refractivity (Wildman–Crippen MR) is 143 cm³/mol. The molecular formula is C27H28ClF3N2O5S. The van der Waals surface area contributed by atoms with Crippen molar-refractivity contribution in [1.29, 1.82) is 0 Å². The number of rotatable bonds is 11. The molecule has 0 aliphatic carbocycles. The summed E-state index contributed by atoms with van der Waals surface area (Å²) in [7, 11) is 0. The zero-order valence-corrected chi connectivity index (χ0v) is 23.3. The van der Waals surface area contributed by atoms with Crippen molar-refractivity contribution in [2.45, 2.75) is 56.8 Å². The molecule has 0 fully saturated rings. The van der Waals surface area contributed by atoms with Crippen molar-refractivity contribution >= 4 is 40.9 Å². The third-order valence-electron chi connectivity index (χ3n) is 5.54. The number of carbonyl (C=O) groups is 2. The second kappa shape index (κ2) is 12.4. The van der Waals surface area contributed by atoms with E-state index in [1.165, 1.54) is 24.8 Å². The van der Waals surface area contributed by atoms with Gasteiger partial charge in [0.15, 0.2) is 0 Å². The van der Waals surface area contributed by atoms with Crippen LogP contribution in [0.25, 0.3) is 0 Å². The van der Waals surface area contributed by atoms with Gasteiger partial charge in [-0.15, -0.1) is 24.9 Å². The molecule has 0 unspecified atom stereocenters. The van der Waals surface area contributed by atoms with Crippen molar-refractivity contribution in [3.05, 3.63) is 76.2 Å². The molecule has 210 valence electrons. The van der Waals surface area contributed by atoms with Gasteiger partial charge in [-0.1, -0.05) is 23.7 Å². The Labute approximate surface area is 233 Å². The minimum absolute atomic E-state index is 0.0554. The maximum absolute atomic E-state index is 13.0. The summed E-state index contributed by atoms with van der Waals surface area (Å²) in [5.41, 5.74) is 1.49. The molecule has 1 aromatic heterocycles. The van der Waals surface area contributed by atoms with Crippen LogP contribution in [-0.2, 0) is 22.7 Å². The van der Waals surface area contributed by atoms with Crippen molar-refractivity contribution in [2.75, 3.05) is 11.9 Å². The maximum Gasteiger partial charge on any atom is 0.573 e. The van der Waals surface area contributed by atoms with E-state index in [9.17, 15) is 27.9 Å². The highest BCUT2D eigenvalue weighted by Crippen LogP contribution is 2.35. The largest absolute Gasteiger partial charge is 0.573 e. The van der Waals surface area contributed by atoms with Gasteiger partial charge < -0.3 is 19.6 Å². The molecule has 2 N–H and O–H groups in total. The summed E-state index contributed by atoms with van der Waals surface area (Å²) in [6, 6.07) is 13.3. The molecule has 1 heterocycles. The van der Waals surface area contributed by atoms with Crippen molar-refractivity contribution < 1.29 is 37.0 Å². The highest BCUT2D eigenvalue weighted by atomic mass is 35.5. The van der Waals surface area contributed by atoms with E-state index in [4.69, 9.17) is 16.0 Å². The van der Waals surface area contributed by atoms with Gasteiger partial charge in [0, 0.05) is 17.1 Å². The molecule has 0 saturated heterocycles. The Morgan fingerprint density at radius 2 is 1.74 bits per heavy atom. The Hall–Kier alpha value is -3.15. The summed E-state index contributed by atoms with van der Waals surface area (Å²) in [5.74, 6) is -0.492. The van der Waals surface area contributed by atoms with Gasteiger partial charge in [-0.05, 0) is 75.2 Å². The number of carbonyl (C=O) groups excluding carboxylic acids is 1. The second-order valence-corrected chi connectivity index (χ2v) is 11.5. The minimum Gasteiger partial charge on any atom is -0.480 e. The number of nitrogens with zero attached hydrogens (tertiary/aromatic N) is 1. The molecular weight excluding hydrogens is 557 g/mol. The quantitative estimate of drug-likeness (QED) is 0.233. The van der Waals surface area contributed by atoms with E-state index < -0.39 is 28.7 Å². The van der Waals surface area contributed by atoms with Gasteiger partial charge in [0.05, 0.1) is 18.1 Å². The maximum atomic E-state index is 13.0. The van der Waals surface area contributed by atoms with E-state index in [1.54, 1.807) is 13.8 Å². The predicted octanol–water partition coefficient (Wildman–Crippen LogP) is 7.04. The summed E-state index contributed by atoms with van der Waals surface area (Å²) >= 11 is 7.18. The van der Waals surface area contributed by atoms with E-state index in [0.717, 1.165) is 22.3 Å². The summed E-state index contributed by atoms with van der Waals surface area (Å²) < 4.78 is 46.4. The van der Waals surface area contributed by atoms with Gasteiger partial charge in [0.25, 0.3) is 0 Å². The Morgan fingerprint density at radius 3 is 2.31 bits per heavy atom. The fraction of sp³-hybridized carbons (Fsp3) is 0.333. The van der Waals surface area contributed by atoms with E-state index in [0.29, 0.717) is 24.4 Å². The number of anilines is 1. The van der Waals surface area contributed by atoms with Gasteiger partial charge in [-0.25, -0.2) is 0 Å². The normalized spacial score (nSPS) is 12.0. The number of carboxylic acids is 1. The molecule has 7 nitrogen and oxygen atoms in total. The smallest absolute Gasteiger partial charge is 0.480 e. The molecule has 0 saturated carbocycles. The van der Waals surface area contributed by atoms with Crippen molar-refractivity contribution in [3.8, 4) is 5.75 Å². The first-order valence-corrected chi connectivity index (χ1v) is 13.0. The molecule has 1 amide bonds. The minimum atomic E-state index is -4.89. The lowest BCUT2D eigenvalue weighted by atomic mass is 10.2. The van der Waals surface area contributed by atoms with E-state index in [-0.39, 0.29) is 17.3 Å². The molecule has 0 radical (unpaired) electrons. The van der Waals surface area contributed by atoms with E-state index >= 15 is 0 Å². The van der Waals surface area contributed by atoms with Crippen LogP contribution in [0.1, 0.15) is 36.5 Å². The SMILES string of the molecule is Cc1ccc(CN(CC(=O)Nc2cc(Cl)c(OC(F)(F)F)cc2C)Cc2ccc(SC(C)(C)C(=O)O)cc2)o1. The van der Waals surface area contributed by atoms with E-state index in [1.807, 2.05) is 48.2 Å². The number of furan rings is 1. The third kappa shape index (κ3) is 9.22. The Bertz CT molecular complexity index is 1330. The van der Waals surface area contributed by atoms with Gasteiger partial charge in [0.2, 0.25) is 5.91 Å². The Balaban J connectivity index is 1.73. The van der Waals surface area contributed by atoms with Crippen LogP contribution in [0.3, 0.4) is 0 Å². The number of ether oxygens (including phenoxy) is 1. The van der Waals surface area contributed by atoms with Crippen LogP contribution < -0.4 is 10.1 Å². The average molecular weight is 585 g/mol. The number of thioether (sulfide) groups is 1. The molecule has 3 rings (SSSR count). The highest BCUT2D eigenvalue weighted by molar-refractivity contribution is 8.01. The molecule has 39 heavy (non-hydrogen) atoms. The molecule has 2 aromatic carbocycles. The van der Waals surface area contributed by atoms with Gasteiger partial charge >= 0.3 is 12.3 Å². The lowest BCUT2D eigenvalue weighted by Crippen LogP contribution is -2.32. The van der Waals surface area contributed by atoms with Crippen LogP contribution in [0, 0.1) is 13.8 Å². The number of aryl methyl sites for hydroxylation is 2. The molecule has 3 aromatic rings. The average Bonchev–Trinajstić information content (AvgIpc) is 3.21. The third-order valence-corrected chi connectivity index (χ3v) is 7.03. The number of carboxylic acid groups (broad SMARTS) is 1. The summed E-state index contributed by atoms with van der Waals surface area (Å²) in [4.78, 5) is 27.0. The van der Waals surface area contributed by atoms with Crippen LogP contribution in [0.2, 0.25) is 5.02 Å². The van der Waals surface area contributed by atoms with Gasteiger partial charge in [-0.3, -0.25) is 14.5 Å². The molecule has 0 bridgehead atoms. The van der Waals surface area contributed by atoms with Crippen LogP contribution in [0.4, 0.5) is 18.9 Å². The monoisotopic (exact) mass is 584 g/mol. The Kier molecular flexibility index (Phi) is 9.63. The van der Waals surface area contributed by atoms with Gasteiger partial charge in [-0.2, -0.15) is 0 Å². The summed E-state index contributed by atoms with van der Waals surface area (Å²) in [6.07, 6.45) is -4.89. The number of amides is 1. The molecule has 0 spiro atoms. The number of aliphatic carboxylic acids is 1. The van der Waals surface area contributed by atoms with Crippen LogP contribution in [-0.4, -0.2) is 39.5 Å². The topological polar surface area (TPSA) is 92.0 Å². The molecule has 12 heteroatoms. The highest BCUT2D eigenvalue weighted by Gasteiger charge is 2.32. The fourth-order valence-corrected chi connectivity index (χ4v) is 4.75. The second-order valence-electron chi connectivity index (χ2n) is 9.41.